The Morgan fingerprint density at radius 1 is 1.30 bits per heavy atom. The van der Waals surface area contributed by atoms with Crippen molar-refractivity contribution in [3.8, 4) is 0 Å². The number of nitrogens with zero attached hydrogens (tertiary/aromatic N) is 2. The fourth-order valence-electron chi connectivity index (χ4n) is 1.87. The van der Waals surface area contributed by atoms with Crippen LogP contribution in [-0.4, -0.2) is 27.3 Å². The molecule has 0 fully saturated rings. The van der Waals surface area contributed by atoms with Crippen LogP contribution >= 0.6 is 11.3 Å². The van der Waals surface area contributed by atoms with E-state index in [1.807, 2.05) is 0 Å². The Labute approximate surface area is 137 Å². The van der Waals surface area contributed by atoms with E-state index in [1.165, 1.54) is 23.5 Å². The van der Waals surface area contributed by atoms with Crippen LogP contribution in [0.3, 0.4) is 0 Å². The Kier molecular flexibility index (Phi) is 5.64. The van der Waals surface area contributed by atoms with Gasteiger partial charge in [0.2, 0.25) is 5.13 Å². The lowest BCUT2D eigenvalue weighted by Gasteiger charge is -2.06. The zero-order chi connectivity index (χ0) is 16.8. The summed E-state index contributed by atoms with van der Waals surface area (Å²) in [6, 6.07) is 6.01. The highest BCUT2D eigenvalue weighted by Gasteiger charge is 2.09. The first-order chi connectivity index (χ1) is 10.9. The van der Waals surface area contributed by atoms with Crippen molar-refractivity contribution in [3.63, 3.8) is 0 Å². The summed E-state index contributed by atoms with van der Waals surface area (Å²) in [6.07, 6.45) is 0.822. The molecule has 0 aliphatic heterocycles. The van der Waals surface area contributed by atoms with E-state index in [1.54, 1.807) is 12.1 Å². The van der Waals surface area contributed by atoms with Gasteiger partial charge in [0.05, 0.1) is 5.56 Å². The molecule has 0 spiro atoms. The molecule has 0 bridgehead atoms. The van der Waals surface area contributed by atoms with Crippen molar-refractivity contribution in [2.75, 3.05) is 5.32 Å². The summed E-state index contributed by atoms with van der Waals surface area (Å²) in [6.45, 7) is 4.41. The first kappa shape index (κ1) is 16.9. The molecule has 23 heavy (non-hydrogen) atoms. The van der Waals surface area contributed by atoms with Crippen LogP contribution in [0.5, 0.6) is 0 Å². The van der Waals surface area contributed by atoms with Gasteiger partial charge in [0.15, 0.2) is 0 Å². The highest BCUT2D eigenvalue weighted by molar-refractivity contribution is 7.15. The number of rotatable bonds is 6. The minimum Gasteiger partial charge on any atom is -0.478 e. The second kappa shape index (κ2) is 7.68. The highest BCUT2D eigenvalue weighted by Crippen LogP contribution is 2.18. The van der Waals surface area contributed by atoms with Crippen molar-refractivity contribution in [3.05, 3.63) is 40.4 Å². The molecule has 7 nitrogen and oxygen atoms in total. The zero-order valence-corrected chi connectivity index (χ0v) is 13.7. The molecule has 0 atom stereocenters. The smallest absolute Gasteiger partial charge is 0.335 e. The Hall–Kier alpha value is -2.48. The number of benzene rings is 1. The average Bonchev–Trinajstić information content (AvgIpc) is 2.91. The third kappa shape index (κ3) is 5.33. The van der Waals surface area contributed by atoms with Crippen LogP contribution in [0.4, 0.5) is 9.93 Å². The third-order valence-corrected chi connectivity index (χ3v) is 3.76. The topological polar surface area (TPSA) is 104 Å². The van der Waals surface area contributed by atoms with Crippen molar-refractivity contribution in [1.82, 2.24) is 15.5 Å². The third-order valence-electron chi connectivity index (χ3n) is 2.90. The van der Waals surface area contributed by atoms with Gasteiger partial charge in [0, 0.05) is 13.0 Å². The fraction of sp³-hybridized carbons (Fsp3) is 0.333. The van der Waals surface area contributed by atoms with Crippen molar-refractivity contribution in [2.24, 2.45) is 5.92 Å². The van der Waals surface area contributed by atoms with Gasteiger partial charge in [-0.15, -0.1) is 10.2 Å². The Morgan fingerprint density at radius 3 is 2.78 bits per heavy atom. The van der Waals surface area contributed by atoms with Crippen molar-refractivity contribution in [1.29, 1.82) is 0 Å². The molecule has 0 unspecified atom stereocenters. The molecule has 0 aliphatic rings. The summed E-state index contributed by atoms with van der Waals surface area (Å²) in [4.78, 5) is 22.7. The van der Waals surface area contributed by atoms with Gasteiger partial charge >= 0.3 is 12.0 Å². The molecular formula is C15H18N4O3S. The number of carboxylic acid groups (broad SMARTS) is 1. The van der Waals surface area contributed by atoms with Crippen LogP contribution in [0.2, 0.25) is 0 Å². The van der Waals surface area contributed by atoms with Crippen LogP contribution in [0.25, 0.3) is 0 Å². The van der Waals surface area contributed by atoms with Gasteiger partial charge in [-0.2, -0.15) is 0 Å². The maximum absolute atomic E-state index is 11.8. The van der Waals surface area contributed by atoms with Gasteiger partial charge < -0.3 is 10.4 Å². The highest BCUT2D eigenvalue weighted by atomic mass is 32.1. The monoisotopic (exact) mass is 334 g/mol. The first-order valence-corrected chi connectivity index (χ1v) is 7.95. The molecule has 1 aromatic heterocycles. The molecule has 1 aromatic carbocycles. The van der Waals surface area contributed by atoms with E-state index in [2.05, 4.69) is 34.7 Å². The fourth-order valence-corrected chi connectivity index (χ4v) is 2.82. The molecular weight excluding hydrogens is 316 g/mol. The van der Waals surface area contributed by atoms with Gasteiger partial charge in [-0.3, -0.25) is 5.32 Å². The van der Waals surface area contributed by atoms with Crippen LogP contribution in [0.15, 0.2) is 24.3 Å². The number of urea groups is 1. The van der Waals surface area contributed by atoms with Gasteiger partial charge in [-0.25, -0.2) is 9.59 Å². The summed E-state index contributed by atoms with van der Waals surface area (Å²) in [5.74, 6) is -0.519. The van der Waals surface area contributed by atoms with E-state index < -0.39 is 12.0 Å². The van der Waals surface area contributed by atoms with Crippen molar-refractivity contribution in [2.45, 2.75) is 26.8 Å². The molecule has 1 heterocycles. The van der Waals surface area contributed by atoms with Crippen LogP contribution in [0.1, 0.15) is 34.8 Å². The molecule has 3 N–H and O–H groups in total. The summed E-state index contributed by atoms with van der Waals surface area (Å²) in [7, 11) is 0. The minimum atomic E-state index is -0.997. The Bertz CT molecular complexity index is 700. The number of amides is 2. The van der Waals surface area contributed by atoms with E-state index >= 15 is 0 Å². The Morgan fingerprint density at radius 2 is 2.09 bits per heavy atom. The van der Waals surface area contributed by atoms with Gasteiger partial charge in [-0.05, 0) is 23.6 Å². The summed E-state index contributed by atoms with van der Waals surface area (Å²) in [5, 5.41) is 23.5. The first-order valence-electron chi connectivity index (χ1n) is 7.13. The van der Waals surface area contributed by atoms with Crippen molar-refractivity contribution < 1.29 is 14.7 Å². The lowest BCUT2D eigenvalue weighted by atomic mass is 10.1. The summed E-state index contributed by atoms with van der Waals surface area (Å²) < 4.78 is 0. The number of nitrogens with one attached hydrogen (secondary N) is 2. The largest absolute Gasteiger partial charge is 0.478 e. The summed E-state index contributed by atoms with van der Waals surface area (Å²) in [5.41, 5.74) is 0.893. The maximum Gasteiger partial charge on any atom is 0.335 e. The standard InChI is InChI=1S/C15H18N4O3S/c1-9(2)6-12-18-19-15(23-12)17-14(22)16-8-10-4-3-5-11(7-10)13(20)21/h3-5,7,9H,6,8H2,1-2H3,(H,20,21)(H2,16,17,19,22). The molecule has 0 radical (unpaired) electrons. The molecule has 122 valence electrons. The summed E-state index contributed by atoms with van der Waals surface area (Å²) >= 11 is 1.35. The van der Waals surface area contributed by atoms with Crippen LogP contribution < -0.4 is 10.6 Å². The predicted octanol–water partition coefficient (Wildman–Crippen LogP) is 2.76. The Balaban J connectivity index is 1.86. The molecule has 0 saturated carbocycles. The van der Waals surface area contributed by atoms with Crippen molar-refractivity contribution >= 4 is 28.5 Å². The number of anilines is 1. The quantitative estimate of drug-likeness (QED) is 0.753. The zero-order valence-electron chi connectivity index (χ0n) is 12.9. The van der Waals surface area contributed by atoms with E-state index in [0.29, 0.717) is 16.6 Å². The number of carbonyl (C=O) groups excluding carboxylic acids is 1. The lowest BCUT2D eigenvalue weighted by Crippen LogP contribution is -2.28. The second-order valence-corrected chi connectivity index (χ2v) is 6.47. The molecule has 2 aromatic rings. The average molecular weight is 334 g/mol. The number of hydrogen-bond donors (Lipinski definition) is 3. The normalized spacial score (nSPS) is 10.6. The number of aromatic carboxylic acids is 1. The van der Waals surface area contributed by atoms with Crippen LogP contribution in [0, 0.1) is 5.92 Å². The van der Waals surface area contributed by atoms with E-state index in [4.69, 9.17) is 5.11 Å². The number of carboxylic acids is 1. The number of aromatic nitrogens is 2. The van der Waals surface area contributed by atoms with Gasteiger partial charge in [0.1, 0.15) is 5.01 Å². The molecule has 2 rings (SSSR count). The van der Waals surface area contributed by atoms with Crippen LogP contribution in [-0.2, 0) is 13.0 Å². The van der Waals surface area contributed by atoms with Gasteiger partial charge in [0.25, 0.3) is 0 Å². The van der Waals surface area contributed by atoms with E-state index in [0.717, 1.165) is 11.4 Å². The SMILES string of the molecule is CC(C)Cc1nnc(NC(=O)NCc2cccc(C(=O)O)c2)s1. The van der Waals surface area contributed by atoms with Gasteiger partial charge in [-0.1, -0.05) is 37.3 Å². The molecule has 8 heteroatoms. The number of carbonyl (C=O) groups is 2. The second-order valence-electron chi connectivity index (χ2n) is 5.41. The molecule has 2 amide bonds. The lowest BCUT2D eigenvalue weighted by molar-refractivity contribution is 0.0696. The minimum absolute atomic E-state index is 0.187. The maximum atomic E-state index is 11.8. The van der Waals surface area contributed by atoms with E-state index in [9.17, 15) is 9.59 Å². The number of hydrogen-bond acceptors (Lipinski definition) is 5. The predicted molar refractivity (Wildman–Crippen MR) is 87.7 cm³/mol. The molecule has 0 saturated heterocycles. The van der Waals surface area contributed by atoms with E-state index in [-0.39, 0.29) is 12.1 Å². The molecule has 0 aliphatic carbocycles.